The Labute approximate surface area is 187 Å². The van der Waals surface area contributed by atoms with Crippen molar-refractivity contribution in [1.29, 1.82) is 0 Å². The van der Waals surface area contributed by atoms with Crippen LogP contribution in [0.1, 0.15) is 49.9 Å². The summed E-state index contributed by atoms with van der Waals surface area (Å²) in [5.41, 5.74) is 1.000. The average molecular weight is 443 g/mol. The molecule has 1 aromatic carbocycles. The molecule has 7 nitrogen and oxygen atoms in total. The molecule has 2 aliphatic heterocycles. The molecular weight excluding hydrogens is 412 g/mol. The largest absolute Gasteiger partial charge is 0.343 e. The molecule has 1 N–H and O–H groups in total. The number of nitrogens with one attached hydrogen (secondary N) is 1. The summed E-state index contributed by atoms with van der Waals surface area (Å²) in [6, 6.07) is 5.19. The summed E-state index contributed by atoms with van der Waals surface area (Å²) in [5, 5.41) is 0.516. The van der Waals surface area contributed by atoms with E-state index in [4.69, 9.17) is 12.2 Å². The van der Waals surface area contributed by atoms with Crippen molar-refractivity contribution < 1.29 is 9.59 Å². The van der Waals surface area contributed by atoms with Gasteiger partial charge < -0.3 is 14.8 Å². The lowest BCUT2D eigenvalue weighted by molar-refractivity contribution is -0.127. The summed E-state index contributed by atoms with van der Waals surface area (Å²) in [6.45, 7) is 7.77. The van der Waals surface area contributed by atoms with E-state index in [1.54, 1.807) is 22.8 Å². The van der Waals surface area contributed by atoms with Gasteiger partial charge in [-0.15, -0.1) is 0 Å². The van der Waals surface area contributed by atoms with Crippen LogP contribution in [0.5, 0.6) is 0 Å². The van der Waals surface area contributed by atoms with Gasteiger partial charge >= 0.3 is 0 Å². The number of piperidine rings is 1. The van der Waals surface area contributed by atoms with E-state index in [-0.39, 0.29) is 17.4 Å². The minimum Gasteiger partial charge on any atom is -0.343 e. The third-order valence-corrected chi connectivity index (χ3v) is 6.69. The van der Waals surface area contributed by atoms with Crippen LogP contribution in [-0.2, 0) is 11.3 Å². The molecule has 2 aliphatic rings. The van der Waals surface area contributed by atoms with Crippen LogP contribution in [0.3, 0.4) is 0 Å². The summed E-state index contributed by atoms with van der Waals surface area (Å²) in [4.78, 5) is 44.7. The monoisotopic (exact) mass is 442 g/mol. The zero-order valence-corrected chi connectivity index (χ0v) is 19.0. The molecule has 0 radical (unpaired) electrons. The summed E-state index contributed by atoms with van der Waals surface area (Å²) < 4.78 is 1.89. The molecule has 0 unspecified atom stereocenters. The number of hydrogen-bond donors (Lipinski definition) is 1. The molecule has 1 aromatic heterocycles. The molecule has 0 spiro atoms. The second kappa shape index (κ2) is 8.94. The topological polar surface area (TPSA) is 78.4 Å². The molecule has 4 rings (SSSR count). The zero-order chi connectivity index (χ0) is 22.1. The summed E-state index contributed by atoms with van der Waals surface area (Å²) in [6.07, 6.45) is 3.34. The van der Waals surface area contributed by atoms with Gasteiger partial charge in [-0.05, 0) is 61.5 Å². The molecule has 0 saturated carbocycles. The fraction of sp³-hybridized carbons (Fsp3) is 0.565. The number of likely N-dealkylation sites (tertiary alicyclic amines) is 2. The fourth-order valence-corrected chi connectivity index (χ4v) is 5.25. The van der Waals surface area contributed by atoms with Crippen molar-refractivity contribution >= 4 is 34.9 Å². The van der Waals surface area contributed by atoms with Gasteiger partial charge in [0.2, 0.25) is 5.91 Å². The SMILES string of the molecule is C[C@@H]1C[C@H](C)CN(C(=O)c2ccc3c(=O)n(CCCN4CCCC4=O)c(=S)[nH]c3c2)C1. The number of benzene rings is 1. The molecule has 31 heavy (non-hydrogen) atoms. The van der Waals surface area contributed by atoms with Crippen LogP contribution in [0.4, 0.5) is 0 Å². The lowest BCUT2D eigenvalue weighted by atomic mass is 9.91. The van der Waals surface area contributed by atoms with Crippen LogP contribution in [0.2, 0.25) is 0 Å². The minimum atomic E-state index is -0.161. The predicted molar refractivity (Wildman–Crippen MR) is 123 cm³/mol. The molecule has 2 fully saturated rings. The quantitative estimate of drug-likeness (QED) is 0.722. The van der Waals surface area contributed by atoms with E-state index in [1.807, 2.05) is 9.80 Å². The highest BCUT2D eigenvalue weighted by molar-refractivity contribution is 7.71. The first-order valence-corrected chi connectivity index (χ1v) is 11.6. The number of H-pyrrole nitrogens is 1. The standard InChI is InChI=1S/C23H30N4O3S/c1-15-11-16(2)14-26(13-15)21(29)17-6-7-18-19(12-17)24-23(31)27(22(18)30)10-4-9-25-8-3-5-20(25)28/h6-7,12,15-16H,3-5,8-11,13-14H2,1-2H3,(H,24,31)/t15-,16+. The number of fused-ring (bicyclic) bond motifs is 1. The Morgan fingerprint density at radius 2 is 1.90 bits per heavy atom. The third-order valence-electron chi connectivity index (χ3n) is 6.37. The molecule has 166 valence electrons. The van der Waals surface area contributed by atoms with E-state index in [2.05, 4.69) is 18.8 Å². The maximum absolute atomic E-state index is 13.0. The Kier molecular flexibility index (Phi) is 6.27. The highest BCUT2D eigenvalue weighted by Gasteiger charge is 2.26. The fourth-order valence-electron chi connectivity index (χ4n) is 4.96. The Morgan fingerprint density at radius 3 is 2.58 bits per heavy atom. The Hall–Kier alpha value is -2.48. The maximum atomic E-state index is 13.0. The van der Waals surface area contributed by atoms with Crippen LogP contribution in [0.25, 0.3) is 10.9 Å². The van der Waals surface area contributed by atoms with E-state index in [0.29, 0.717) is 59.0 Å². The molecule has 3 heterocycles. The highest BCUT2D eigenvalue weighted by atomic mass is 32.1. The smallest absolute Gasteiger partial charge is 0.262 e. The van der Waals surface area contributed by atoms with Gasteiger partial charge in [-0.25, -0.2) is 0 Å². The number of carbonyl (C=O) groups excluding carboxylic acids is 2. The zero-order valence-electron chi connectivity index (χ0n) is 18.2. The van der Waals surface area contributed by atoms with Gasteiger partial charge in [-0.3, -0.25) is 19.0 Å². The number of hydrogen-bond acceptors (Lipinski definition) is 4. The molecule has 2 aromatic rings. The third kappa shape index (κ3) is 4.59. The van der Waals surface area contributed by atoms with Gasteiger partial charge in [0, 0.05) is 44.7 Å². The van der Waals surface area contributed by atoms with Crippen molar-refractivity contribution in [3.05, 3.63) is 38.9 Å². The van der Waals surface area contributed by atoms with Crippen LogP contribution in [0, 0.1) is 16.6 Å². The number of amides is 2. The van der Waals surface area contributed by atoms with Crippen molar-refractivity contribution in [3.8, 4) is 0 Å². The van der Waals surface area contributed by atoms with Gasteiger partial charge in [-0.1, -0.05) is 13.8 Å². The average Bonchev–Trinajstić information content (AvgIpc) is 3.13. The number of aromatic nitrogens is 2. The van der Waals surface area contributed by atoms with Gasteiger partial charge in [0.25, 0.3) is 11.5 Å². The molecule has 0 aliphatic carbocycles. The van der Waals surface area contributed by atoms with E-state index in [0.717, 1.165) is 32.5 Å². The summed E-state index contributed by atoms with van der Waals surface area (Å²) in [7, 11) is 0. The normalized spacial score (nSPS) is 21.8. The molecule has 2 atom stereocenters. The minimum absolute atomic E-state index is 0.000854. The maximum Gasteiger partial charge on any atom is 0.262 e. The van der Waals surface area contributed by atoms with Crippen LogP contribution < -0.4 is 5.56 Å². The number of aromatic amines is 1. The van der Waals surface area contributed by atoms with E-state index in [9.17, 15) is 14.4 Å². The van der Waals surface area contributed by atoms with Crippen molar-refractivity contribution in [1.82, 2.24) is 19.4 Å². The summed E-state index contributed by atoms with van der Waals surface area (Å²) in [5.74, 6) is 1.16. The van der Waals surface area contributed by atoms with Crippen LogP contribution >= 0.6 is 12.2 Å². The molecular formula is C23H30N4O3S. The van der Waals surface area contributed by atoms with Crippen molar-refractivity contribution in [2.45, 2.75) is 46.1 Å². The van der Waals surface area contributed by atoms with Crippen molar-refractivity contribution in [2.75, 3.05) is 26.2 Å². The van der Waals surface area contributed by atoms with Crippen LogP contribution in [0.15, 0.2) is 23.0 Å². The lowest BCUT2D eigenvalue weighted by Crippen LogP contribution is -2.42. The van der Waals surface area contributed by atoms with Gasteiger partial charge in [0.1, 0.15) is 0 Å². The van der Waals surface area contributed by atoms with Gasteiger partial charge in [-0.2, -0.15) is 0 Å². The number of rotatable bonds is 5. The number of nitrogens with zero attached hydrogens (tertiary/aromatic N) is 3. The van der Waals surface area contributed by atoms with E-state index in [1.165, 1.54) is 0 Å². The molecule has 8 heteroatoms. The van der Waals surface area contributed by atoms with Crippen molar-refractivity contribution in [2.24, 2.45) is 11.8 Å². The van der Waals surface area contributed by atoms with Gasteiger partial charge in [0.05, 0.1) is 10.9 Å². The first kappa shape index (κ1) is 21.7. The van der Waals surface area contributed by atoms with E-state index >= 15 is 0 Å². The van der Waals surface area contributed by atoms with Crippen LogP contribution in [-0.4, -0.2) is 57.3 Å². The molecule has 2 amide bonds. The Morgan fingerprint density at radius 1 is 1.16 bits per heavy atom. The highest BCUT2D eigenvalue weighted by Crippen LogP contribution is 2.23. The second-order valence-electron chi connectivity index (χ2n) is 9.14. The Bertz CT molecular complexity index is 1110. The number of carbonyl (C=O) groups is 2. The molecule has 0 bridgehead atoms. The van der Waals surface area contributed by atoms with E-state index < -0.39 is 0 Å². The summed E-state index contributed by atoms with van der Waals surface area (Å²) >= 11 is 5.43. The second-order valence-corrected chi connectivity index (χ2v) is 9.53. The molecule has 2 saturated heterocycles. The first-order valence-electron chi connectivity index (χ1n) is 11.2. The van der Waals surface area contributed by atoms with Crippen molar-refractivity contribution in [3.63, 3.8) is 0 Å². The predicted octanol–water partition coefficient (Wildman–Crippen LogP) is 3.19. The van der Waals surface area contributed by atoms with Gasteiger partial charge in [0.15, 0.2) is 4.77 Å². The Balaban J connectivity index is 1.53. The first-order chi connectivity index (χ1) is 14.8. The lowest BCUT2D eigenvalue weighted by Gasteiger charge is -2.35.